The molecule has 2 rings (SSSR count). The molecule has 0 aliphatic rings. The van der Waals surface area contributed by atoms with Gasteiger partial charge in [0, 0.05) is 30.2 Å². The van der Waals surface area contributed by atoms with Crippen molar-refractivity contribution in [1.82, 2.24) is 15.2 Å². The second-order valence-electron chi connectivity index (χ2n) is 5.32. The smallest absolute Gasteiger partial charge is 0.253 e. The highest BCUT2D eigenvalue weighted by Crippen LogP contribution is 2.21. The standard InChI is InChI=1S/C17H23N3O/c1-12-6-5-7-15(10-12)20-13(2)11-16(14(20)3)17(21)19-9-8-18-4/h5-7,10-11,18H,8-9H2,1-4H3,(H,19,21). The third-order valence-corrected chi connectivity index (χ3v) is 3.60. The van der Waals surface area contributed by atoms with Crippen LogP contribution in [-0.2, 0) is 0 Å². The molecule has 0 unspecified atom stereocenters. The van der Waals surface area contributed by atoms with Crippen molar-refractivity contribution in [3.63, 3.8) is 0 Å². The zero-order valence-corrected chi connectivity index (χ0v) is 13.2. The van der Waals surface area contributed by atoms with Crippen molar-refractivity contribution in [3.05, 3.63) is 52.8 Å². The highest BCUT2D eigenvalue weighted by molar-refractivity contribution is 5.95. The molecule has 4 heteroatoms. The van der Waals surface area contributed by atoms with Crippen LogP contribution in [0.25, 0.3) is 5.69 Å². The number of likely N-dealkylation sites (N-methyl/N-ethyl adjacent to an activating group) is 1. The molecular formula is C17H23N3O. The van der Waals surface area contributed by atoms with E-state index in [0.29, 0.717) is 6.54 Å². The first-order valence-corrected chi connectivity index (χ1v) is 7.23. The molecule has 0 saturated carbocycles. The summed E-state index contributed by atoms with van der Waals surface area (Å²) < 4.78 is 2.12. The van der Waals surface area contributed by atoms with Crippen molar-refractivity contribution in [1.29, 1.82) is 0 Å². The first-order valence-electron chi connectivity index (χ1n) is 7.23. The Morgan fingerprint density at radius 3 is 2.57 bits per heavy atom. The summed E-state index contributed by atoms with van der Waals surface area (Å²) in [7, 11) is 1.87. The number of hydrogen-bond acceptors (Lipinski definition) is 2. The summed E-state index contributed by atoms with van der Waals surface area (Å²) in [5, 5.41) is 5.95. The predicted molar refractivity (Wildman–Crippen MR) is 86.2 cm³/mol. The van der Waals surface area contributed by atoms with Crippen LogP contribution in [0.3, 0.4) is 0 Å². The fourth-order valence-electron chi connectivity index (χ4n) is 2.55. The highest BCUT2D eigenvalue weighted by atomic mass is 16.1. The number of amides is 1. The lowest BCUT2D eigenvalue weighted by molar-refractivity contribution is 0.0953. The Kier molecular flexibility index (Phi) is 4.81. The summed E-state index contributed by atoms with van der Waals surface area (Å²) in [6.45, 7) is 7.48. The molecule has 0 spiro atoms. The van der Waals surface area contributed by atoms with E-state index in [0.717, 1.165) is 29.2 Å². The number of carbonyl (C=O) groups excluding carboxylic acids is 1. The molecule has 1 heterocycles. The Morgan fingerprint density at radius 1 is 1.14 bits per heavy atom. The Balaban J connectivity index is 2.31. The van der Waals surface area contributed by atoms with E-state index < -0.39 is 0 Å². The van der Waals surface area contributed by atoms with Gasteiger partial charge < -0.3 is 15.2 Å². The minimum Gasteiger partial charge on any atom is -0.351 e. The van der Waals surface area contributed by atoms with Crippen LogP contribution in [0, 0.1) is 20.8 Å². The maximum atomic E-state index is 12.3. The van der Waals surface area contributed by atoms with Gasteiger partial charge in [0.2, 0.25) is 0 Å². The van der Waals surface area contributed by atoms with Crippen LogP contribution < -0.4 is 10.6 Å². The fraction of sp³-hybridized carbons (Fsp3) is 0.353. The molecule has 0 bridgehead atoms. The number of aromatic nitrogens is 1. The van der Waals surface area contributed by atoms with Gasteiger partial charge >= 0.3 is 0 Å². The highest BCUT2D eigenvalue weighted by Gasteiger charge is 2.16. The number of benzene rings is 1. The average Bonchev–Trinajstić information content (AvgIpc) is 2.74. The van der Waals surface area contributed by atoms with Crippen molar-refractivity contribution in [3.8, 4) is 5.69 Å². The molecule has 0 fully saturated rings. The lowest BCUT2D eigenvalue weighted by atomic mass is 10.2. The van der Waals surface area contributed by atoms with Gasteiger partial charge in [0.05, 0.1) is 5.56 Å². The Morgan fingerprint density at radius 2 is 1.90 bits per heavy atom. The van der Waals surface area contributed by atoms with Gasteiger partial charge in [-0.05, 0) is 51.6 Å². The summed E-state index contributed by atoms with van der Waals surface area (Å²) in [6.07, 6.45) is 0. The summed E-state index contributed by atoms with van der Waals surface area (Å²) in [5.74, 6) is -0.0164. The van der Waals surface area contributed by atoms with Gasteiger partial charge in [-0.15, -0.1) is 0 Å². The lowest BCUT2D eigenvalue weighted by Crippen LogP contribution is -2.30. The summed E-state index contributed by atoms with van der Waals surface area (Å²) in [4.78, 5) is 12.3. The summed E-state index contributed by atoms with van der Waals surface area (Å²) in [5.41, 5.74) is 5.08. The Bertz CT molecular complexity index is 643. The first-order chi connectivity index (χ1) is 10.0. The van der Waals surface area contributed by atoms with Crippen molar-refractivity contribution < 1.29 is 4.79 Å². The number of nitrogens with zero attached hydrogens (tertiary/aromatic N) is 1. The third kappa shape index (κ3) is 3.34. The fourth-order valence-corrected chi connectivity index (χ4v) is 2.55. The van der Waals surface area contributed by atoms with Crippen molar-refractivity contribution in [2.45, 2.75) is 20.8 Å². The monoisotopic (exact) mass is 285 g/mol. The van der Waals surface area contributed by atoms with Crippen LogP contribution in [-0.4, -0.2) is 30.6 Å². The molecule has 0 aliphatic carbocycles. The largest absolute Gasteiger partial charge is 0.351 e. The third-order valence-electron chi connectivity index (χ3n) is 3.60. The topological polar surface area (TPSA) is 46.1 Å². The minimum atomic E-state index is -0.0164. The molecule has 1 amide bonds. The average molecular weight is 285 g/mol. The van der Waals surface area contributed by atoms with E-state index in [1.165, 1.54) is 5.56 Å². The van der Waals surface area contributed by atoms with E-state index in [-0.39, 0.29) is 5.91 Å². The predicted octanol–water partition coefficient (Wildman–Crippen LogP) is 2.35. The van der Waals surface area contributed by atoms with Crippen LogP contribution in [0.5, 0.6) is 0 Å². The van der Waals surface area contributed by atoms with Crippen LogP contribution in [0.1, 0.15) is 27.3 Å². The van der Waals surface area contributed by atoms with Gasteiger partial charge in [-0.25, -0.2) is 0 Å². The van der Waals surface area contributed by atoms with Gasteiger partial charge in [-0.3, -0.25) is 4.79 Å². The van der Waals surface area contributed by atoms with Crippen LogP contribution >= 0.6 is 0 Å². The van der Waals surface area contributed by atoms with Gasteiger partial charge in [0.25, 0.3) is 5.91 Å². The Labute approximate surface area is 126 Å². The number of hydrogen-bond donors (Lipinski definition) is 2. The molecule has 0 atom stereocenters. The van der Waals surface area contributed by atoms with Gasteiger partial charge in [0.15, 0.2) is 0 Å². The molecule has 112 valence electrons. The number of nitrogens with one attached hydrogen (secondary N) is 2. The van der Waals surface area contributed by atoms with Crippen molar-refractivity contribution in [2.24, 2.45) is 0 Å². The molecule has 0 saturated heterocycles. The van der Waals surface area contributed by atoms with Crippen LogP contribution in [0.4, 0.5) is 0 Å². The van der Waals surface area contributed by atoms with E-state index in [1.807, 2.05) is 33.0 Å². The number of carbonyl (C=O) groups is 1. The van der Waals surface area contributed by atoms with E-state index in [9.17, 15) is 4.79 Å². The van der Waals surface area contributed by atoms with Gasteiger partial charge in [-0.2, -0.15) is 0 Å². The van der Waals surface area contributed by atoms with E-state index >= 15 is 0 Å². The molecule has 0 aliphatic heterocycles. The maximum Gasteiger partial charge on any atom is 0.253 e. The van der Waals surface area contributed by atoms with Crippen molar-refractivity contribution in [2.75, 3.05) is 20.1 Å². The molecule has 4 nitrogen and oxygen atoms in total. The molecule has 21 heavy (non-hydrogen) atoms. The van der Waals surface area contributed by atoms with Gasteiger partial charge in [-0.1, -0.05) is 12.1 Å². The quantitative estimate of drug-likeness (QED) is 0.828. The lowest BCUT2D eigenvalue weighted by Gasteiger charge is -2.11. The maximum absolute atomic E-state index is 12.3. The second-order valence-corrected chi connectivity index (χ2v) is 5.32. The summed E-state index contributed by atoms with van der Waals surface area (Å²) >= 11 is 0. The Hall–Kier alpha value is -2.07. The molecular weight excluding hydrogens is 262 g/mol. The van der Waals surface area contributed by atoms with Crippen LogP contribution in [0.2, 0.25) is 0 Å². The summed E-state index contributed by atoms with van der Waals surface area (Å²) in [6, 6.07) is 10.3. The van der Waals surface area contributed by atoms with Crippen molar-refractivity contribution >= 4 is 5.91 Å². The minimum absolute atomic E-state index is 0.0164. The zero-order chi connectivity index (χ0) is 15.4. The second kappa shape index (κ2) is 6.59. The molecule has 2 aromatic rings. The molecule has 1 aromatic carbocycles. The van der Waals surface area contributed by atoms with E-state index in [2.05, 4.69) is 40.3 Å². The normalized spacial score (nSPS) is 10.7. The molecule has 0 radical (unpaired) electrons. The number of rotatable bonds is 5. The SMILES string of the molecule is CNCCNC(=O)c1cc(C)n(-c2cccc(C)c2)c1C. The van der Waals surface area contributed by atoms with Gasteiger partial charge in [0.1, 0.15) is 0 Å². The first kappa shape index (κ1) is 15.3. The van der Waals surface area contributed by atoms with E-state index in [4.69, 9.17) is 0 Å². The number of aryl methyl sites for hydroxylation is 2. The molecule has 1 aromatic heterocycles. The zero-order valence-electron chi connectivity index (χ0n) is 13.2. The van der Waals surface area contributed by atoms with Crippen LogP contribution in [0.15, 0.2) is 30.3 Å². The molecule has 2 N–H and O–H groups in total. The van der Waals surface area contributed by atoms with E-state index in [1.54, 1.807) is 0 Å².